The monoisotopic (exact) mass is 346 g/mol. The molecule has 2 amide bonds. The third kappa shape index (κ3) is 5.75. The van der Waals surface area contributed by atoms with Crippen LogP contribution >= 0.6 is 0 Å². The number of carbonyl (C=O) groups excluding carboxylic acids is 1. The first kappa shape index (κ1) is 19.8. The van der Waals surface area contributed by atoms with Crippen LogP contribution < -0.4 is 5.32 Å². The van der Waals surface area contributed by atoms with Crippen molar-refractivity contribution in [1.29, 1.82) is 0 Å². The first-order valence-corrected chi connectivity index (χ1v) is 7.43. The van der Waals surface area contributed by atoms with Crippen molar-refractivity contribution in [3.05, 3.63) is 35.4 Å². The second kappa shape index (κ2) is 8.03. The Morgan fingerprint density at radius 1 is 1.29 bits per heavy atom. The topological polar surface area (TPSA) is 69.6 Å². The molecule has 0 aliphatic heterocycles. The van der Waals surface area contributed by atoms with E-state index in [-0.39, 0.29) is 18.9 Å². The fourth-order valence-corrected chi connectivity index (χ4v) is 2.15. The van der Waals surface area contributed by atoms with Gasteiger partial charge in [-0.25, -0.2) is 4.79 Å². The van der Waals surface area contributed by atoms with E-state index < -0.39 is 29.8 Å². The molecule has 0 bridgehead atoms. The zero-order chi connectivity index (χ0) is 18.5. The van der Waals surface area contributed by atoms with E-state index in [2.05, 4.69) is 5.32 Å². The molecule has 0 aromatic heterocycles. The van der Waals surface area contributed by atoms with Crippen LogP contribution in [-0.4, -0.2) is 35.6 Å². The number of carbonyl (C=O) groups is 2. The summed E-state index contributed by atoms with van der Waals surface area (Å²) in [5.74, 6) is -1.18. The number of benzene rings is 1. The molecule has 0 saturated heterocycles. The maximum atomic E-state index is 12.8. The second-order valence-electron chi connectivity index (χ2n) is 5.86. The molecule has 8 heteroatoms. The first-order chi connectivity index (χ1) is 11.0. The van der Waals surface area contributed by atoms with E-state index in [0.717, 1.165) is 12.1 Å². The molecule has 1 aromatic rings. The lowest BCUT2D eigenvalue weighted by atomic mass is 9.94. The van der Waals surface area contributed by atoms with E-state index in [0.29, 0.717) is 5.56 Å². The summed E-state index contributed by atoms with van der Waals surface area (Å²) in [5, 5.41) is 11.3. The van der Waals surface area contributed by atoms with Crippen LogP contribution in [0.25, 0.3) is 0 Å². The van der Waals surface area contributed by atoms with Crippen molar-refractivity contribution in [3.8, 4) is 0 Å². The van der Waals surface area contributed by atoms with Gasteiger partial charge >= 0.3 is 18.2 Å². The van der Waals surface area contributed by atoms with E-state index in [1.165, 1.54) is 24.1 Å². The highest BCUT2D eigenvalue weighted by molar-refractivity contribution is 5.75. The fourth-order valence-electron chi connectivity index (χ4n) is 2.15. The third-order valence-electron chi connectivity index (χ3n) is 3.53. The molecule has 1 unspecified atom stereocenters. The molecule has 5 nitrogen and oxygen atoms in total. The average molecular weight is 346 g/mol. The van der Waals surface area contributed by atoms with Gasteiger partial charge < -0.3 is 15.3 Å². The van der Waals surface area contributed by atoms with Gasteiger partial charge in [-0.2, -0.15) is 13.2 Å². The van der Waals surface area contributed by atoms with Crippen LogP contribution in [0.3, 0.4) is 0 Å². The van der Waals surface area contributed by atoms with Crippen molar-refractivity contribution < 1.29 is 27.9 Å². The molecule has 134 valence electrons. The predicted octanol–water partition coefficient (Wildman–Crippen LogP) is 3.52. The van der Waals surface area contributed by atoms with Crippen LogP contribution in [0.2, 0.25) is 0 Å². The minimum Gasteiger partial charge on any atom is -0.481 e. The van der Waals surface area contributed by atoms with Gasteiger partial charge in [0.2, 0.25) is 0 Å². The van der Waals surface area contributed by atoms with Crippen molar-refractivity contribution in [2.24, 2.45) is 5.92 Å². The maximum absolute atomic E-state index is 12.8. The molecule has 1 aromatic carbocycles. The molecule has 0 fully saturated rings. The van der Waals surface area contributed by atoms with Crippen molar-refractivity contribution in [2.75, 3.05) is 13.6 Å². The second-order valence-corrected chi connectivity index (χ2v) is 5.86. The summed E-state index contributed by atoms with van der Waals surface area (Å²) >= 11 is 0. The van der Waals surface area contributed by atoms with Crippen LogP contribution in [0.15, 0.2) is 24.3 Å². The molecular formula is C16H21F3N2O3. The minimum absolute atomic E-state index is 0.00850. The summed E-state index contributed by atoms with van der Waals surface area (Å²) in [6, 6.07) is 3.66. The molecule has 0 aliphatic rings. The first-order valence-electron chi connectivity index (χ1n) is 7.43. The Bertz CT molecular complexity index is 588. The summed E-state index contributed by atoms with van der Waals surface area (Å²) in [5.41, 5.74) is -0.432. The summed E-state index contributed by atoms with van der Waals surface area (Å²) in [6.07, 6.45) is -4.67. The van der Waals surface area contributed by atoms with Gasteiger partial charge in [-0.1, -0.05) is 26.0 Å². The summed E-state index contributed by atoms with van der Waals surface area (Å²) in [4.78, 5) is 23.9. The third-order valence-corrected chi connectivity index (χ3v) is 3.53. The SMILES string of the molecule is CC(C)C(NC(=O)N(C)CCC(=O)O)c1cccc(C(F)(F)F)c1. The molecule has 0 saturated carbocycles. The number of carboxylic acid groups (broad SMARTS) is 1. The fraction of sp³-hybridized carbons (Fsp3) is 0.500. The Balaban J connectivity index is 2.92. The summed E-state index contributed by atoms with van der Waals surface area (Å²) in [7, 11) is 1.43. The van der Waals surface area contributed by atoms with Gasteiger partial charge in [0.15, 0.2) is 0 Å². The molecule has 0 radical (unpaired) electrons. The summed E-state index contributed by atoms with van der Waals surface area (Å²) < 4.78 is 38.5. The number of rotatable bonds is 6. The Hall–Kier alpha value is -2.25. The zero-order valence-electron chi connectivity index (χ0n) is 13.7. The van der Waals surface area contributed by atoms with E-state index in [4.69, 9.17) is 5.11 Å². The highest BCUT2D eigenvalue weighted by Gasteiger charge is 2.31. The molecule has 0 heterocycles. The number of hydrogen-bond acceptors (Lipinski definition) is 2. The van der Waals surface area contributed by atoms with Crippen molar-refractivity contribution in [3.63, 3.8) is 0 Å². The average Bonchev–Trinajstić information content (AvgIpc) is 2.48. The van der Waals surface area contributed by atoms with Gasteiger partial charge in [-0.3, -0.25) is 4.79 Å². The molecule has 1 atom stereocenters. The van der Waals surface area contributed by atoms with E-state index >= 15 is 0 Å². The van der Waals surface area contributed by atoms with Gasteiger partial charge in [-0.05, 0) is 23.6 Å². The number of nitrogens with one attached hydrogen (secondary N) is 1. The molecular weight excluding hydrogens is 325 g/mol. The van der Waals surface area contributed by atoms with Gasteiger partial charge in [0.25, 0.3) is 0 Å². The quantitative estimate of drug-likeness (QED) is 0.828. The highest BCUT2D eigenvalue weighted by Crippen LogP contribution is 2.32. The van der Waals surface area contributed by atoms with Crippen LogP contribution in [0.1, 0.15) is 37.4 Å². The Labute approximate surface area is 138 Å². The van der Waals surface area contributed by atoms with Crippen LogP contribution in [0.5, 0.6) is 0 Å². The van der Waals surface area contributed by atoms with Gasteiger partial charge in [0.1, 0.15) is 0 Å². The van der Waals surface area contributed by atoms with Crippen molar-refractivity contribution in [2.45, 2.75) is 32.5 Å². The van der Waals surface area contributed by atoms with Crippen LogP contribution in [0, 0.1) is 5.92 Å². The normalized spacial score (nSPS) is 12.8. The largest absolute Gasteiger partial charge is 0.481 e. The number of nitrogens with zero attached hydrogens (tertiary/aromatic N) is 1. The highest BCUT2D eigenvalue weighted by atomic mass is 19.4. The van der Waals surface area contributed by atoms with Crippen LogP contribution in [0.4, 0.5) is 18.0 Å². The number of halogens is 3. The van der Waals surface area contributed by atoms with E-state index in [1.807, 2.05) is 0 Å². The number of aliphatic carboxylic acids is 1. The van der Waals surface area contributed by atoms with E-state index in [9.17, 15) is 22.8 Å². The summed E-state index contributed by atoms with van der Waals surface area (Å²) in [6.45, 7) is 3.57. The lowest BCUT2D eigenvalue weighted by Crippen LogP contribution is -2.41. The van der Waals surface area contributed by atoms with Gasteiger partial charge in [0, 0.05) is 13.6 Å². The predicted molar refractivity (Wildman–Crippen MR) is 82.4 cm³/mol. The molecule has 24 heavy (non-hydrogen) atoms. The molecule has 0 spiro atoms. The number of hydrogen-bond donors (Lipinski definition) is 2. The zero-order valence-corrected chi connectivity index (χ0v) is 13.7. The van der Waals surface area contributed by atoms with Crippen molar-refractivity contribution >= 4 is 12.0 Å². The number of amides is 2. The Morgan fingerprint density at radius 3 is 2.42 bits per heavy atom. The number of alkyl halides is 3. The standard InChI is InChI=1S/C16H21F3N2O3/c1-10(2)14(20-15(24)21(3)8-7-13(22)23)11-5-4-6-12(9-11)16(17,18)19/h4-6,9-10,14H,7-8H2,1-3H3,(H,20,24)(H,22,23). The van der Waals surface area contributed by atoms with Gasteiger partial charge in [0.05, 0.1) is 18.0 Å². The van der Waals surface area contributed by atoms with E-state index in [1.54, 1.807) is 13.8 Å². The van der Waals surface area contributed by atoms with Gasteiger partial charge in [-0.15, -0.1) is 0 Å². The van der Waals surface area contributed by atoms with Crippen molar-refractivity contribution in [1.82, 2.24) is 10.2 Å². The minimum atomic E-state index is -4.46. The van der Waals surface area contributed by atoms with Crippen LogP contribution in [-0.2, 0) is 11.0 Å². The number of urea groups is 1. The Kier molecular flexibility index (Phi) is 6.62. The lowest BCUT2D eigenvalue weighted by Gasteiger charge is -2.26. The smallest absolute Gasteiger partial charge is 0.416 e. The Morgan fingerprint density at radius 2 is 1.92 bits per heavy atom. The lowest BCUT2D eigenvalue weighted by molar-refractivity contribution is -0.138. The molecule has 1 rings (SSSR count). The maximum Gasteiger partial charge on any atom is 0.416 e. The molecule has 0 aliphatic carbocycles. The molecule has 2 N–H and O–H groups in total. The number of carboxylic acids is 1.